The molecule has 0 unspecified atom stereocenters. The fraction of sp³-hybridized carbons (Fsp3) is 0.206. The molecule has 4 aromatic rings. The van der Waals surface area contributed by atoms with Crippen LogP contribution in [-0.4, -0.2) is 30.9 Å². The van der Waals surface area contributed by atoms with Gasteiger partial charge < -0.3 is 18.9 Å². The van der Waals surface area contributed by atoms with Gasteiger partial charge in [0.05, 0.1) is 40.0 Å². The molecule has 0 saturated heterocycles. The Morgan fingerprint density at radius 2 is 1.86 bits per heavy atom. The third-order valence-corrected chi connectivity index (χ3v) is 8.43. The molecule has 10 heteroatoms. The lowest BCUT2D eigenvalue weighted by molar-refractivity contribution is -0.139. The Morgan fingerprint density at radius 1 is 1.11 bits per heavy atom. The van der Waals surface area contributed by atoms with Gasteiger partial charge in [-0.3, -0.25) is 9.36 Å². The summed E-state index contributed by atoms with van der Waals surface area (Å²) in [6.45, 7) is 8.11. The number of halogens is 1. The predicted octanol–water partition coefficient (Wildman–Crippen LogP) is 5.71. The number of hydrogen-bond donors (Lipinski definition) is 0. The molecule has 0 bridgehead atoms. The van der Waals surface area contributed by atoms with E-state index >= 15 is 0 Å². The van der Waals surface area contributed by atoms with Crippen LogP contribution in [0.15, 0.2) is 105 Å². The van der Waals surface area contributed by atoms with Crippen LogP contribution in [0.25, 0.3) is 6.08 Å². The highest BCUT2D eigenvalue weighted by atomic mass is 79.9. The van der Waals surface area contributed by atoms with Crippen molar-refractivity contribution in [2.24, 2.45) is 4.99 Å². The van der Waals surface area contributed by atoms with E-state index in [1.54, 1.807) is 49.8 Å². The topological polar surface area (TPSA) is 88.4 Å². The van der Waals surface area contributed by atoms with Gasteiger partial charge in [-0.05, 0) is 76.8 Å². The van der Waals surface area contributed by atoms with Crippen LogP contribution in [0, 0.1) is 0 Å². The molecule has 8 nitrogen and oxygen atoms in total. The molecule has 0 N–H and O–H groups in total. The van der Waals surface area contributed by atoms with Gasteiger partial charge in [-0.25, -0.2) is 9.79 Å². The lowest BCUT2D eigenvalue weighted by atomic mass is 9.96. The summed E-state index contributed by atoms with van der Waals surface area (Å²) < 4.78 is 25.4. The summed E-state index contributed by atoms with van der Waals surface area (Å²) in [7, 11) is 1.57. The maximum Gasteiger partial charge on any atom is 0.338 e. The van der Waals surface area contributed by atoms with Crippen molar-refractivity contribution in [2.75, 3.05) is 20.3 Å². The van der Waals surface area contributed by atoms with Gasteiger partial charge in [-0.15, -0.1) is 0 Å². The minimum atomic E-state index is -0.726. The summed E-state index contributed by atoms with van der Waals surface area (Å²) in [5, 5.41) is 0. The molecular weight excluding hydrogens is 644 g/mol. The zero-order valence-corrected chi connectivity index (χ0v) is 26.9. The molecular formula is C34H31BrN2O6S. The highest BCUT2D eigenvalue weighted by Crippen LogP contribution is 2.37. The first-order valence-electron chi connectivity index (χ1n) is 13.9. The number of thiazole rings is 1. The highest BCUT2D eigenvalue weighted by molar-refractivity contribution is 9.10. The lowest BCUT2D eigenvalue weighted by Gasteiger charge is -2.24. The van der Waals surface area contributed by atoms with Crippen molar-refractivity contribution in [1.82, 2.24) is 4.57 Å². The number of benzene rings is 3. The Kier molecular flexibility index (Phi) is 9.82. The predicted molar refractivity (Wildman–Crippen MR) is 174 cm³/mol. The number of carbonyl (C=O) groups excluding carboxylic acids is 1. The molecule has 1 aliphatic heterocycles. The summed E-state index contributed by atoms with van der Waals surface area (Å²) in [6.07, 6.45) is 3.45. The smallest absolute Gasteiger partial charge is 0.338 e. The Morgan fingerprint density at radius 3 is 2.55 bits per heavy atom. The Hall–Kier alpha value is -4.41. The fourth-order valence-electron chi connectivity index (χ4n) is 4.85. The van der Waals surface area contributed by atoms with Crippen molar-refractivity contribution < 1.29 is 23.7 Å². The molecule has 226 valence electrons. The normalized spacial score (nSPS) is 14.5. The van der Waals surface area contributed by atoms with E-state index in [0.717, 1.165) is 16.7 Å². The van der Waals surface area contributed by atoms with Crippen LogP contribution in [-0.2, 0) is 16.1 Å². The van der Waals surface area contributed by atoms with Crippen molar-refractivity contribution in [3.63, 3.8) is 0 Å². The SMILES string of the molecule is C=CCOc1ccc([C@@H]2C(C(=O)OCC)=C(C)N=c3s/c(=C\c4cc(Br)c(OCc5ccccc5)c(OC)c4)c(=O)n32)cc1. The fourth-order valence-corrected chi connectivity index (χ4v) is 6.47. The molecule has 0 spiro atoms. The van der Waals surface area contributed by atoms with Crippen LogP contribution in [0.4, 0.5) is 0 Å². The number of rotatable bonds is 11. The van der Waals surface area contributed by atoms with Gasteiger partial charge in [0.2, 0.25) is 0 Å². The average molecular weight is 676 g/mol. The van der Waals surface area contributed by atoms with Crippen molar-refractivity contribution in [3.05, 3.63) is 132 Å². The molecule has 1 aliphatic rings. The molecule has 1 aromatic heterocycles. The molecule has 0 saturated carbocycles. The van der Waals surface area contributed by atoms with E-state index in [9.17, 15) is 9.59 Å². The number of fused-ring (bicyclic) bond motifs is 1. The van der Waals surface area contributed by atoms with Crippen LogP contribution in [0.2, 0.25) is 0 Å². The zero-order valence-electron chi connectivity index (χ0n) is 24.5. The van der Waals surface area contributed by atoms with Crippen LogP contribution in [0.3, 0.4) is 0 Å². The first-order valence-corrected chi connectivity index (χ1v) is 15.5. The van der Waals surface area contributed by atoms with Gasteiger partial charge in [-0.1, -0.05) is 66.5 Å². The monoisotopic (exact) mass is 674 g/mol. The van der Waals surface area contributed by atoms with Gasteiger partial charge in [0, 0.05) is 0 Å². The van der Waals surface area contributed by atoms with Crippen molar-refractivity contribution in [1.29, 1.82) is 0 Å². The second-order valence-electron chi connectivity index (χ2n) is 9.78. The Labute approximate surface area is 267 Å². The first kappa shape index (κ1) is 31.0. The maximum absolute atomic E-state index is 14.0. The number of esters is 1. The van der Waals surface area contributed by atoms with Gasteiger partial charge in [0.15, 0.2) is 16.3 Å². The van der Waals surface area contributed by atoms with Gasteiger partial charge in [0.25, 0.3) is 5.56 Å². The Bertz CT molecular complexity index is 1890. The number of carbonyl (C=O) groups is 1. The van der Waals surface area contributed by atoms with Crippen molar-refractivity contribution in [3.8, 4) is 17.2 Å². The van der Waals surface area contributed by atoms with Crippen LogP contribution < -0.4 is 29.1 Å². The molecule has 44 heavy (non-hydrogen) atoms. The third-order valence-electron chi connectivity index (χ3n) is 6.86. The van der Waals surface area contributed by atoms with Crippen LogP contribution in [0.5, 0.6) is 17.2 Å². The van der Waals surface area contributed by atoms with Crippen molar-refractivity contribution >= 4 is 39.3 Å². The van der Waals surface area contributed by atoms with E-state index < -0.39 is 12.0 Å². The minimum absolute atomic E-state index is 0.197. The molecule has 0 fully saturated rings. The van der Waals surface area contributed by atoms with E-state index in [4.69, 9.17) is 18.9 Å². The standard InChI is InChI=1S/C34H31BrN2O6S/c1-5-16-42-25-14-12-24(13-15-25)30-29(33(39)41-6-2)21(3)36-34-37(30)32(38)28(44-34)19-23-17-26(35)31(27(18-23)40-4)43-20-22-10-8-7-9-11-22/h5,7-15,17-19,30H,1,6,16,20H2,2-4H3/b28-19-/t30-/m1/s1. The molecule has 1 atom stereocenters. The van der Waals surface area contributed by atoms with E-state index in [2.05, 4.69) is 27.5 Å². The van der Waals surface area contributed by atoms with Crippen molar-refractivity contribution in [2.45, 2.75) is 26.5 Å². The maximum atomic E-state index is 14.0. The average Bonchev–Trinajstić information content (AvgIpc) is 3.33. The van der Waals surface area contributed by atoms with E-state index in [-0.39, 0.29) is 12.2 Å². The third kappa shape index (κ3) is 6.56. The van der Waals surface area contributed by atoms with Crippen LogP contribution in [0.1, 0.15) is 36.6 Å². The summed E-state index contributed by atoms with van der Waals surface area (Å²) in [5.74, 6) is 1.21. The second-order valence-corrected chi connectivity index (χ2v) is 11.6. The zero-order chi connectivity index (χ0) is 31.2. The number of ether oxygens (including phenoxy) is 4. The summed E-state index contributed by atoms with van der Waals surface area (Å²) in [5.41, 5.74) is 3.02. The summed E-state index contributed by atoms with van der Waals surface area (Å²) in [6, 6.07) is 20.1. The molecule has 0 aliphatic carbocycles. The molecule has 0 amide bonds. The number of nitrogens with zero attached hydrogens (tertiary/aromatic N) is 2. The largest absolute Gasteiger partial charge is 0.493 e. The second kappa shape index (κ2) is 13.9. The Balaban J connectivity index is 1.57. The van der Waals surface area contributed by atoms with Gasteiger partial charge >= 0.3 is 5.97 Å². The summed E-state index contributed by atoms with van der Waals surface area (Å²) >= 11 is 4.86. The number of methoxy groups -OCH3 is 1. The summed E-state index contributed by atoms with van der Waals surface area (Å²) in [4.78, 5) is 32.3. The van der Waals surface area contributed by atoms with E-state index in [1.807, 2.05) is 54.6 Å². The number of hydrogen-bond acceptors (Lipinski definition) is 8. The van der Waals surface area contributed by atoms with E-state index in [1.165, 1.54) is 11.3 Å². The highest BCUT2D eigenvalue weighted by Gasteiger charge is 2.33. The number of aromatic nitrogens is 1. The number of allylic oxidation sites excluding steroid dienone is 1. The first-order chi connectivity index (χ1) is 21.3. The van der Waals surface area contributed by atoms with E-state index in [0.29, 0.717) is 55.5 Å². The van der Waals surface area contributed by atoms with Gasteiger partial charge in [-0.2, -0.15) is 0 Å². The quantitative estimate of drug-likeness (QED) is 0.150. The lowest BCUT2D eigenvalue weighted by Crippen LogP contribution is -2.39. The molecule has 2 heterocycles. The minimum Gasteiger partial charge on any atom is -0.493 e. The van der Waals surface area contributed by atoms with Crippen LogP contribution >= 0.6 is 27.3 Å². The molecule has 3 aromatic carbocycles. The molecule has 0 radical (unpaired) electrons. The molecule has 5 rings (SSSR count). The van der Waals surface area contributed by atoms with Gasteiger partial charge in [0.1, 0.15) is 19.0 Å².